The average molecular weight is 859 g/mol. The van der Waals surface area contributed by atoms with Crippen LogP contribution in [0.1, 0.15) is 48.8 Å². The van der Waals surface area contributed by atoms with Crippen LogP contribution in [0, 0.1) is 23.3 Å². The number of rotatable bonds is 6. The summed E-state index contributed by atoms with van der Waals surface area (Å²) in [5.74, 6) is -2.15. The standard InChI is InChI=1S/C21H20F2N4S2.C21H18F2N4S2/c2*1-11-12(4-3-7-27(11)2)16-8-13-15(5-6-24-21(13)29-16)26-19-14(22)9-17-20(18(19)23)25-10-28-17/h5-6,8-12H,3-4,7H2,1-2H3,(H,24,26);4-6,8-11H,3,7H2,1-2H3,(H,24,26)/t11-,12?;11-/m11/s1. The Bertz CT molecular complexity index is 2850. The van der Waals surface area contributed by atoms with Gasteiger partial charge in [0.05, 0.1) is 31.8 Å². The van der Waals surface area contributed by atoms with Crippen LogP contribution in [0.15, 0.2) is 65.9 Å². The summed E-state index contributed by atoms with van der Waals surface area (Å²) < 4.78 is 59.9. The molecule has 298 valence electrons. The smallest absolute Gasteiger partial charge is 0.176 e. The van der Waals surface area contributed by atoms with E-state index in [4.69, 9.17) is 0 Å². The van der Waals surface area contributed by atoms with Crippen LogP contribution in [-0.4, -0.2) is 69.0 Å². The van der Waals surface area contributed by atoms with E-state index in [-0.39, 0.29) is 22.4 Å². The van der Waals surface area contributed by atoms with Gasteiger partial charge in [0.15, 0.2) is 23.3 Å². The summed E-state index contributed by atoms with van der Waals surface area (Å²) in [6, 6.07) is 11.1. The molecule has 8 heterocycles. The quantitative estimate of drug-likeness (QED) is 0.160. The largest absolute Gasteiger partial charge is 0.350 e. The topological polar surface area (TPSA) is 82.1 Å². The number of halogens is 4. The maximum atomic E-state index is 14.9. The van der Waals surface area contributed by atoms with Gasteiger partial charge in [0.2, 0.25) is 0 Å². The van der Waals surface area contributed by atoms with Gasteiger partial charge >= 0.3 is 0 Å². The second-order valence-corrected chi connectivity index (χ2v) is 18.6. The van der Waals surface area contributed by atoms with Crippen LogP contribution in [-0.2, 0) is 0 Å². The molecule has 1 unspecified atom stereocenters. The number of benzene rings is 2. The Hall–Kier alpha value is -4.58. The van der Waals surface area contributed by atoms with Crippen molar-refractivity contribution in [3.05, 3.63) is 98.9 Å². The zero-order chi connectivity index (χ0) is 40.2. The second-order valence-electron chi connectivity index (χ2n) is 14.7. The van der Waals surface area contributed by atoms with E-state index in [0.29, 0.717) is 38.8 Å². The highest BCUT2D eigenvalue weighted by Crippen LogP contribution is 2.42. The van der Waals surface area contributed by atoms with Gasteiger partial charge in [-0.1, -0.05) is 6.08 Å². The van der Waals surface area contributed by atoms with E-state index in [1.165, 1.54) is 62.7 Å². The summed E-state index contributed by atoms with van der Waals surface area (Å²) in [5.41, 5.74) is 5.60. The van der Waals surface area contributed by atoms with Gasteiger partial charge in [-0.2, -0.15) is 0 Å². The third kappa shape index (κ3) is 7.13. The molecule has 8 aromatic rings. The van der Waals surface area contributed by atoms with Crippen LogP contribution >= 0.6 is 45.3 Å². The van der Waals surface area contributed by atoms with Crippen molar-refractivity contribution in [2.45, 2.75) is 51.1 Å². The van der Waals surface area contributed by atoms with E-state index in [2.05, 4.69) is 86.5 Å². The Morgan fingerprint density at radius 2 is 1.29 bits per heavy atom. The number of anilines is 4. The molecule has 0 radical (unpaired) electrons. The number of nitrogens with one attached hydrogen (secondary N) is 2. The van der Waals surface area contributed by atoms with E-state index < -0.39 is 23.3 Å². The number of thiophene rings is 2. The number of nitrogens with zero attached hydrogens (tertiary/aromatic N) is 6. The van der Waals surface area contributed by atoms with Crippen molar-refractivity contribution in [1.82, 2.24) is 29.7 Å². The number of hydrogen-bond donors (Lipinski definition) is 2. The van der Waals surface area contributed by atoms with Gasteiger partial charge in [-0.15, -0.1) is 45.3 Å². The number of aromatic nitrogens is 4. The number of likely N-dealkylation sites (tertiary alicyclic amines) is 1. The lowest BCUT2D eigenvalue weighted by Crippen LogP contribution is -2.38. The molecule has 1 fully saturated rings. The maximum Gasteiger partial charge on any atom is 0.176 e. The number of hydrogen-bond acceptors (Lipinski definition) is 12. The normalized spacial score (nSPS) is 19.2. The molecule has 0 aliphatic carbocycles. The molecule has 3 atom stereocenters. The van der Waals surface area contributed by atoms with Crippen molar-refractivity contribution in [2.75, 3.05) is 37.8 Å². The summed E-state index contributed by atoms with van der Waals surface area (Å²) in [6.07, 6.45) is 8.93. The molecule has 1 saturated heterocycles. The first-order valence-corrected chi connectivity index (χ1v) is 22.3. The van der Waals surface area contributed by atoms with Crippen molar-refractivity contribution in [3.63, 3.8) is 0 Å². The van der Waals surface area contributed by atoms with Gasteiger partial charge < -0.3 is 15.5 Å². The highest BCUT2D eigenvalue weighted by atomic mass is 32.1. The van der Waals surface area contributed by atoms with Gasteiger partial charge in [0.25, 0.3) is 0 Å². The van der Waals surface area contributed by atoms with Crippen molar-refractivity contribution >= 4 is 115 Å². The third-order valence-electron chi connectivity index (χ3n) is 11.4. The lowest BCUT2D eigenvalue weighted by molar-refractivity contribution is 0.176. The van der Waals surface area contributed by atoms with Crippen LogP contribution in [0.25, 0.3) is 46.4 Å². The predicted molar refractivity (Wildman–Crippen MR) is 234 cm³/mol. The zero-order valence-corrected chi connectivity index (χ0v) is 35.2. The fourth-order valence-electron chi connectivity index (χ4n) is 7.83. The molecular formula is C42H38F4N8S4. The lowest BCUT2D eigenvalue weighted by Gasteiger charge is -2.36. The minimum atomic E-state index is -0.674. The fraction of sp³-hybridized carbons (Fsp3) is 0.286. The monoisotopic (exact) mass is 858 g/mol. The van der Waals surface area contributed by atoms with Gasteiger partial charge in [-0.25, -0.2) is 37.5 Å². The first-order chi connectivity index (χ1) is 28.0. The van der Waals surface area contributed by atoms with Gasteiger partial charge in [0, 0.05) is 57.5 Å². The minimum Gasteiger partial charge on any atom is -0.350 e. The van der Waals surface area contributed by atoms with E-state index in [1.807, 2.05) is 0 Å². The predicted octanol–water partition coefficient (Wildman–Crippen LogP) is 12.2. The van der Waals surface area contributed by atoms with E-state index in [9.17, 15) is 17.6 Å². The number of pyridine rings is 2. The Kier molecular flexibility index (Phi) is 10.7. The molecule has 58 heavy (non-hydrogen) atoms. The van der Waals surface area contributed by atoms with Crippen molar-refractivity contribution in [3.8, 4) is 0 Å². The summed E-state index contributed by atoms with van der Waals surface area (Å²) in [5, 5.41) is 7.67. The molecule has 10 rings (SSSR count). The lowest BCUT2D eigenvalue weighted by atomic mass is 9.89. The second kappa shape index (κ2) is 15.9. The average Bonchev–Trinajstić information content (AvgIpc) is 4.04. The first-order valence-electron chi connectivity index (χ1n) is 18.9. The molecule has 2 aromatic carbocycles. The van der Waals surface area contributed by atoms with Crippen molar-refractivity contribution in [2.24, 2.45) is 0 Å². The van der Waals surface area contributed by atoms with Crippen molar-refractivity contribution in [1.29, 1.82) is 0 Å². The molecule has 0 spiro atoms. The molecule has 0 amide bonds. The molecule has 2 N–H and O–H groups in total. The zero-order valence-electron chi connectivity index (χ0n) is 31.9. The van der Waals surface area contributed by atoms with Gasteiger partial charge in [-0.3, -0.25) is 4.90 Å². The number of likely N-dealkylation sites (N-methyl/N-ethyl adjacent to an activating group) is 2. The molecular weight excluding hydrogens is 821 g/mol. The SMILES string of the molecule is C[C@@H]1C(c2cc3c(Nc4c(F)cc5scnc5c4F)ccnc3s2)=CCCN1C.C[C@@H]1C(c2cc3c(Nc4c(F)cc5scnc5c4F)ccnc3s2)CCCN1C. The van der Waals surface area contributed by atoms with E-state index >= 15 is 0 Å². The Labute approximate surface area is 347 Å². The fourth-order valence-corrected chi connectivity index (χ4v) is 11.6. The summed E-state index contributed by atoms with van der Waals surface area (Å²) in [6.45, 7) is 6.61. The Balaban J connectivity index is 0.000000150. The van der Waals surface area contributed by atoms with Crippen LogP contribution in [0.2, 0.25) is 0 Å². The van der Waals surface area contributed by atoms with Crippen LogP contribution in [0.4, 0.5) is 40.3 Å². The molecule has 0 bridgehead atoms. The molecule has 2 aliphatic heterocycles. The molecule has 0 saturated carbocycles. The number of piperidine rings is 1. The summed E-state index contributed by atoms with van der Waals surface area (Å²) in [4.78, 5) is 25.8. The highest BCUT2D eigenvalue weighted by molar-refractivity contribution is 7.20. The van der Waals surface area contributed by atoms with Crippen LogP contribution in [0.5, 0.6) is 0 Å². The van der Waals surface area contributed by atoms with E-state index in [1.54, 1.807) is 47.2 Å². The molecule has 2 aliphatic rings. The minimum absolute atomic E-state index is 0.172. The molecule has 16 heteroatoms. The Morgan fingerprint density at radius 3 is 1.91 bits per heavy atom. The van der Waals surface area contributed by atoms with E-state index in [0.717, 1.165) is 51.2 Å². The first kappa shape index (κ1) is 38.9. The van der Waals surface area contributed by atoms with Gasteiger partial charge in [0.1, 0.15) is 32.1 Å². The van der Waals surface area contributed by atoms with Crippen molar-refractivity contribution < 1.29 is 17.6 Å². The highest BCUT2D eigenvalue weighted by Gasteiger charge is 2.29. The summed E-state index contributed by atoms with van der Waals surface area (Å²) >= 11 is 5.71. The third-order valence-corrected chi connectivity index (χ3v) is 15.2. The Morgan fingerprint density at radius 1 is 0.707 bits per heavy atom. The van der Waals surface area contributed by atoms with Crippen LogP contribution in [0.3, 0.4) is 0 Å². The summed E-state index contributed by atoms with van der Waals surface area (Å²) in [7, 11) is 4.28. The molecule has 6 aromatic heterocycles. The van der Waals surface area contributed by atoms with Gasteiger partial charge in [-0.05, 0) is 95.7 Å². The molecule has 8 nitrogen and oxygen atoms in total. The number of fused-ring (bicyclic) bond motifs is 4. The van der Waals surface area contributed by atoms with Crippen LogP contribution < -0.4 is 10.6 Å². The maximum absolute atomic E-state index is 14.9. The number of thiazole rings is 2.